The number of nitrogens with zero attached hydrogens (tertiary/aromatic N) is 1. The van der Waals surface area contributed by atoms with Gasteiger partial charge in [0.1, 0.15) is 0 Å². The van der Waals surface area contributed by atoms with Gasteiger partial charge in [-0.2, -0.15) is 0 Å². The molecule has 82 valence electrons. The zero-order chi connectivity index (χ0) is 11.3. The SMILES string of the molecule is CCc1ccc(C(C)=NOCC(=O)O)s1. The summed E-state index contributed by atoms with van der Waals surface area (Å²) >= 11 is 1.64. The predicted molar refractivity (Wildman–Crippen MR) is 59.5 cm³/mol. The third-order valence-corrected chi connectivity index (χ3v) is 3.09. The Kier molecular flexibility index (Phi) is 4.30. The molecule has 1 rings (SSSR count). The van der Waals surface area contributed by atoms with Gasteiger partial charge in [-0.15, -0.1) is 11.3 Å². The van der Waals surface area contributed by atoms with Crippen molar-refractivity contribution in [3.05, 3.63) is 21.9 Å². The molecule has 4 nitrogen and oxygen atoms in total. The lowest BCUT2D eigenvalue weighted by Gasteiger charge is -1.96. The van der Waals surface area contributed by atoms with Gasteiger partial charge in [-0.3, -0.25) is 0 Å². The van der Waals surface area contributed by atoms with Crippen molar-refractivity contribution < 1.29 is 14.7 Å². The van der Waals surface area contributed by atoms with E-state index in [9.17, 15) is 4.79 Å². The quantitative estimate of drug-likeness (QED) is 0.619. The molecule has 0 spiro atoms. The summed E-state index contributed by atoms with van der Waals surface area (Å²) in [5.41, 5.74) is 0.709. The fourth-order valence-electron chi connectivity index (χ4n) is 0.992. The summed E-state index contributed by atoms with van der Waals surface area (Å²) in [7, 11) is 0. The second-order valence-corrected chi connectivity index (χ2v) is 4.13. The molecule has 1 aromatic rings. The number of hydrogen-bond acceptors (Lipinski definition) is 4. The fraction of sp³-hybridized carbons (Fsp3) is 0.400. The first-order chi connectivity index (χ1) is 7.13. The van der Waals surface area contributed by atoms with Gasteiger partial charge in [-0.1, -0.05) is 12.1 Å². The van der Waals surface area contributed by atoms with Crippen LogP contribution in [0.3, 0.4) is 0 Å². The van der Waals surface area contributed by atoms with Crippen molar-refractivity contribution in [1.29, 1.82) is 0 Å². The summed E-state index contributed by atoms with van der Waals surface area (Å²) in [6.07, 6.45) is 0.994. The van der Waals surface area contributed by atoms with E-state index >= 15 is 0 Å². The third kappa shape index (κ3) is 3.71. The van der Waals surface area contributed by atoms with Gasteiger partial charge in [0, 0.05) is 4.88 Å². The summed E-state index contributed by atoms with van der Waals surface area (Å²) in [5, 5.41) is 12.1. The van der Waals surface area contributed by atoms with Crippen molar-refractivity contribution in [3.8, 4) is 0 Å². The monoisotopic (exact) mass is 227 g/mol. The van der Waals surface area contributed by atoms with Crippen molar-refractivity contribution in [1.82, 2.24) is 0 Å². The molecule has 0 bridgehead atoms. The topological polar surface area (TPSA) is 58.9 Å². The molecule has 1 heterocycles. The number of rotatable bonds is 5. The number of carbonyl (C=O) groups is 1. The Morgan fingerprint density at radius 1 is 1.60 bits per heavy atom. The molecule has 1 aromatic heterocycles. The van der Waals surface area contributed by atoms with Crippen molar-refractivity contribution >= 4 is 23.0 Å². The minimum Gasteiger partial charge on any atom is -0.479 e. The van der Waals surface area contributed by atoms with Crippen LogP contribution in [0.25, 0.3) is 0 Å². The Labute approximate surface area is 92.2 Å². The molecule has 0 saturated heterocycles. The van der Waals surface area contributed by atoms with Crippen LogP contribution in [0, 0.1) is 0 Å². The lowest BCUT2D eigenvalue weighted by molar-refractivity contribution is -0.142. The molecule has 0 amide bonds. The van der Waals surface area contributed by atoms with E-state index in [1.54, 1.807) is 18.3 Å². The molecule has 0 aliphatic carbocycles. The number of carboxylic acid groups (broad SMARTS) is 1. The molecule has 0 fully saturated rings. The normalized spacial score (nSPS) is 11.5. The van der Waals surface area contributed by atoms with E-state index in [-0.39, 0.29) is 0 Å². The van der Waals surface area contributed by atoms with Gasteiger partial charge in [0.15, 0.2) is 0 Å². The first-order valence-electron chi connectivity index (χ1n) is 4.61. The highest BCUT2D eigenvalue weighted by Gasteiger charge is 2.03. The van der Waals surface area contributed by atoms with Gasteiger partial charge in [0.25, 0.3) is 0 Å². The van der Waals surface area contributed by atoms with E-state index in [4.69, 9.17) is 5.11 Å². The molecule has 0 saturated carbocycles. The van der Waals surface area contributed by atoms with Crippen LogP contribution < -0.4 is 0 Å². The molecular formula is C10H13NO3S. The van der Waals surface area contributed by atoms with Crippen LogP contribution in [0.1, 0.15) is 23.6 Å². The number of aliphatic carboxylic acids is 1. The van der Waals surface area contributed by atoms with Crippen LogP contribution in [0.5, 0.6) is 0 Å². The Balaban J connectivity index is 2.58. The van der Waals surface area contributed by atoms with E-state index in [1.165, 1.54) is 4.88 Å². The summed E-state index contributed by atoms with van der Waals surface area (Å²) in [6, 6.07) is 4.00. The first kappa shape index (κ1) is 11.7. The molecule has 1 N–H and O–H groups in total. The average Bonchev–Trinajstić information content (AvgIpc) is 2.65. The van der Waals surface area contributed by atoms with Gasteiger partial charge >= 0.3 is 5.97 Å². The second kappa shape index (κ2) is 5.50. The van der Waals surface area contributed by atoms with E-state index in [1.807, 2.05) is 12.1 Å². The number of thiophene rings is 1. The van der Waals surface area contributed by atoms with Crippen LogP contribution >= 0.6 is 11.3 Å². The van der Waals surface area contributed by atoms with Crippen LogP contribution in [0.2, 0.25) is 0 Å². The maximum absolute atomic E-state index is 10.2. The van der Waals surface area contributed by atoms with Gasteiger partial charge < -0.3 is 9.94 Å². The van der Waals surface area contributed by atoms with Crippen LogP contribution in [0.15, 0.2) is 17.3 Å². The molecule has 0 radical (unpaired) electrons. The maximum Gasteiger partial charge on any atom is 0.344 e. The molecule has 15 heavy (non-hydrogen) atoms. The Morgan fingerprint density at radius 3 is 2.87 bits per heavy atom. The molecule has 0 aliphatic heterocycles. The Morgan fingerprint density at radius 2 is 2.33 bits per heavy atom. The van der Waals surface area contributed by atoms with E-state index in [2.05, 4.69) is 16.9 Å². The summed E-state index contributed by atoms with van der Waals surface area (Å²) in [5.74, 6) is -1.02. The van der Waals surface area contributed by atoms with Crippen LogP contribution in [-0.4, -0.2) is 23.4 Å². The van der Waals surface area contributed by atoms with Crippen molar-refractivity contribution in [2.45, 2.75) is 20.3 Å². The molecule has 0 atom stereocenters. The van der Waals surface area contributed by atoms with Crippen molar-refractivity contribution in [2.75, 3.05) is 6.61 Å². The maximum atomic E-state index is 10.2. The lowest BCUT2D eigenvalue weighted by atomic mass is 10.3. The standard InChI is InChI=1S/C10H13NO3S/c1-3-8-4-5-9(15-8)7(2)11-14-6-10(12)13/h4-5H,3,6H2,1-2H3,(H,12,13). The predicted octanol–water partition coefficient (Wildman–Crippen LogP) is 2.14. The smallest absolute Gasteiger partial charge is 0.344 e. The molecule has 0 aromatic carbocycles. The van der Waals surface area contributed by atoms with Gasteiger partial charge in [0.2, 0.25) is 6.61 Å². The van der Waals surface area contributed by atoms with Crippen molar-refractivity contribution in [2.24, 2.45) is 5.16 Å². The molecule has 0 aliphatic rings. The second-order valence-electron chi connectivity index (χ2n) is 2.96. The summed E-state index contributed by atoms with van der Waals surface area (Å²) in [6.45, 7) is 3.49. The highest BCUT2D eigenvalue weighted by Crippen LogP contribution is 2.17. The fourth-order valence-corrected chi connectivity index (χ4v) is 1.88. The minimum absolute atomic E-state index is 0.399. The number of oxime groups is 1. The van der Waals surface area contributed by atoms with E-state index < -0.39 is 12.6 Å². The minimum atomic E-state index is -1.02. The Bertz CT molecular complexity index is 370. The molecule has 5 heteroatoms. The number of carboxylic acids is 1. The number of aryl methyl sites for hydroxylation is 1. The van der Waals surface area contributed by atoms with E-state index in [0.29, 0.717) is 5.71 Å². The lowest BCUT2D eigenvalue weighted by Crippen LogP contribution is -2.04. The number of hydrogen-bond donors (Lipinski definition) is 1. The van der Waals surface area contributed by atoms with Crippen LogP contribution in [0.4, 0.5) is 0 Å². The van der Waals surface area contributed by atoms with Crippen molar-refractivity contribution in [3.63, 3.8) is 0 Å². The molecular weight excluding hydrogens is 214 g/mol. The van der Waals surface area contributed by atoms with Gasteiger partial charge in [-0.05, 0) is 25.5 Å². The Hall–Kier alpha value is -1.36. The van der Waals surface area contributed by atoms with Gasteiger partial charge in [-0.25, -0.2) is 4.79 Å². The summed E-state index contributed by atoms with van der Waals surface area (Å²) < 4.78 is 0. The average molecular weight is 227 g/mol. The highest BCUT2D eigenvalue weighted by atomic mass is 32.1. The van der Waals surface area contributed by atoms with E-state index in [0.717, 1.165) is 11.3 Å². The largest absolute Gasteiger partial charge is 0.479 e. The van der Waals surface area contributed by atoms with Gasteiger partial charge in [0.05, 0.1) is 10.6 Å². The zero-order valence-corrected chi connectivity index (χ0v) is 9.50. The first-order valence-corrected chi connectivity index (χ1v) is 5.42. The summed E-state index contributed by atoms with van der Waals surface area (Å²) in [4.78, 5) is 17.1. The molecule has 0 unspecified atom stereocenters. The third-order valence-electron chi connectivity index (χ3n) is 1.76. The zero-order valence-electron chi connectivity index (χ0n) is 8.69. The highest BCUT2D eigenvalue weighted by molar-refractivity contribution is 7.14. The van der Waals surface area contributed by atoms with Crippen LogP contribution in [-0.2, 0) is 16.1 Å².